The molecule has 3 rings (SSSR count). The highest BCUT2D eigenvalue weighted by Crippen LogP contribution is 2.44. The maximum Gasteiger partial charge on any atom is 0.511 e. The predicted octanol–water partition coefficient (Wildman–Crippen LogP) is 3.14. The van der Waals surface area contributed by atoms with Crippen molar-refractivity contribution in [3.05, 3.63) is 18.6 Å². The summed E-state index contributed by atoms with van der Waals surface area (Å²) in [5, 5.41) is 22.1. The molecule has 0 bridgehead atoms. The van der Waals surface area contributed by atoms with Crippen molar-refractivity contribution in [3.63, 3.8) is 0 Å². The van der Waals surface area contributed by atoms with Gasteiger partial charge in [-0.25, -0.2) is 9.97 Å². The van der Waals surface area contributed by atoms with Gasteiger partial charge in [-0.2, -0.15) is 0 Å². The predicted molar refractivity (Wildman–Crippen MR) is 114 cm³/mol. The van der Waals surface area contributed by atoms with E-state index in [9.17, 15) is 14.8 Å². The molecule has 3 heterocycles. The topological polar surface area (TPSA) is 133 Å². The van der Waals surface area contributed by atoms with E-state index in [1.54, 1.807) is 16.8 Å². The molecule has 10 heteroatoms. The number of nitrogens with zero attached hydrogens (tertiary/aromatic N) is 3. The fraction of sp³-hybridized carbons (Fsp3) is 0.700. The molecule has 4 N–H and O–H groups in total. The van der Waals surface area contributed by atoms with Gasteiger partial charge in [0.25, 0.3) is 0 Å². The van der Waals surface area contributed by atoms with E-state index in [1.807, 2.05) is 27.7 Å². The molecule has 9 nitrogen and oxygen atoms in total. The Morgan fingerprint density at radius 2 is 2.00 bits per heavy atom. The third-order valence-corrected chi connectivity index (χ3v) is 7.90. The van der Waals surface area contributed by atoms with Gasteiger partial charge in [0.1, 0.15) is 35.6 Å². The van der Waals surface area contributed by atoms with Gasteiger partial charge >= 0.3 is 8.03 Å². The van der Waals surface area contributed by atoms with Gasteiger partial charge in [-0.1, -0.05) is 20.8 Å². The molecule has 1 aliphatic heterocycles. The average Bonchev–Trinajstić information content (AvgIpc) is 3.29. The summed E-state index contributed by atoms with van der Waals surface area (Å²) in [6, 6.07) is 1.75. The first kappa shape index (κ1) is 23.0. The summed E-state index contributed by atoms with van der Waals surface area (Å²) >= 11 is 0. The maximum absolute atomic E-state index is 12.6. The largest absolute Gasteiger partial charge is 0.511 e. The van der Waals surface area contributed by atoms with Crippen molar-refractivity contribution in [2.45, 2.75) is 89.2 Å². The zero-order chi connectivity index (χ0) is 22.1. The lowest BCUT2D eigenvalue weighted by molar-refractivity contribution is -0.0673. The minimum Gasteiger partial charge on any atom is -0.388 e. The molecule has 0 saturated carbocycles. The SMILES string of the molecule is CCC(C)[P+](=O)OC(CC)(CC)C[C@H]1OC(n2ccc3c(N)ncnc32)[C@H](O)[C@@H]1O. The van der Waals surface area contributed by atoms with Gasteiger partial charge < -0.3 is 25.3 Å². The Morgan fingerprint density at radius 3 is 2.63 bits per heavy atom. The summed E-state index contributed by atoms with van der Waals surface area (Å²) in [5.41, 5.74) is 5.66. The molecule has 166 valence electrons. The summed E-state index contributed by atoms with van der Waals surface area (Å²) in [4.78, 5) is 8.21. The van der Waals surface area contributed by atoms with Crippen LogP contribution in [-0.4, -0.2) is 54.3 Å². The number of hydrogen-bond donors (Lipinski definition) is 3. The van der Waals surface area contributed by atoms with E-state index < -0.39 is 38.2 Å². The Bertz CT molecular complexity index is 887. The van der Waals surface area contributed by atoms with Crippen molar-refractivity contribution in [1.82, 2.24) is 14.5 Å². The molecular weight excluding hydrogens is 407 g/mol. The smallest absolute Gasteiger partial charge is 0.388 e. The summed E-state index contributed by atoms with van der Waals surface area (Å²) in [6.45, 7) is 7.82. The first-order chi connectivity index (χ1) is 14.3. The van der Waals surface area contributed by atoms with Crippen LogP contribution in [0, 0.1) is 0 Å². The second-order valence-corrected chi connectivity index (χ2v) is 9.63. The number of aliphatic hydroxyl groups excluding tert-OH is 2. The van der Waals surface area contributed by atoms with Gasteiger partial charge in [-0.3, -0.25) is 0 Å². The Labute approximate surface area is 177 Å². The van der Waals surface area contributed by atoms with E-state index in [0.29, 0.717) is 36.1 Å². The number of fused-ring (bicyclic) bond motifs is 1. The normalized spacial score (nSPS) is 26.3. The molecule has 0 amide bonds. The minimum atomic E-state index is -1.85. The maximum atomic E-state index is 12.6. The van der Waals surface area contributed by atoms with Crippen molar-refractivity contribution in [3.8, 4) is 0 Å². The number of aromatic nitrogens is 3. The van der Waals surface area contributed by atoms with Crippen LogP contribution >= 0.6 is 8.03 Å². The molecule has 30 heavy (non-hydrogen) atoms. The highest BCUT2D eigenvalue weighted by Gasteiger charge is 2.50. The molecule has 3 unspecified atom stereocenters. The van der Waals surface area contributed by atoms with E-state index in [-0.39, 0.29) is 5.66 Å². The van der Waals surface area contributed by atoms with E-state index in [1.165, 1.54) is 6.33 Å². The number of nitrogens with two attached hydrogens (primary N) is 1. The molecule has 0 radical (unpaired) electrons. The summed E-state index contributed by atoms with van der Waals surface area (Å²) in [5.74, 6) is 0.335. The second-order valence-electron chi connectivity index (χ2n) is 7.99. The third-order valence-electron chi connectivity index (χ3n) is 6.25. The van der Waals surface area contributed by atoms with Crippen molar-refractivity contribution in [1.29, 1.82) is 0 Å². The molecule has 1 saturated heterocycles. The lowest BCUT2D eigenvalue weighted by atomic mass is 9.88. The van der Waals surface area contributed by atoms with Crippen LogP contribution in [0.2, 0.25) is 0 Å². The lowest BCUT2D eigenvalue weighted by Gasteiger charge is -2.29. The number of rotatable bonds is 9. The van der Waals surface area contributed by atoms with Gasteiger partial charge in [-0.15, -0.1) is 4.52 Å². The highest BCUT2D eigenvalue weighted by atomic mass is 31.1. The molecule has 0 aromatic carbocycles. The first-order valence-electron chi connectivity index (χ1n) is 10.5. The van der Waals surface area contributed by atoms with E-state index in [0.717, 1.165) is 6.42 Å². The van der Waals surface area contributed by atoms with Gasteiger partial charge in [0.15, 0.2) is 11.9 Å². The zero-order valence-electron chi connectivity index (χ0n) is 17.9. The van der Waals surface area contributed by atoms with Crippen molar-refractivity contribution < 1.29 is 24.0 Å². The molecule has 0 aliphatic carbocycles. The van der Waals surface area contributed by atoms with Crippen LogP contribution in [0.3, 0.4) is 0 Å². The Morgan fingerprint density at radius 1 is 1.30 bits per heavy atom. The highest BCUT2D eigenvalue weighted by molar-refractivity contribution is 7.40. The molecule has 1 fully saturated rings. The monoisotopic (exact) mass is 439 g/mol. The molecular formula is C20H32N4O5P+. The van der Waals surface area contributed by atoms with Crippen LogP contribution in [0.1, 0.15) is 59.6 Å². The van der Waals surface area contributed by atoms with Gasteiger partial charge in [0, 0.05) is 12.6 Å². The molecule has 0 spiro atoms. The average molecular weight is 439 g/mol. The van der Waals surface area contributed by atoms with Crippen LogP contribution in [0.4, 0.5) is 5.82 Å². The lowest BCUT2D eigenvalue weighted by Crippen LogP contribution is -2.39. The number of aliphatic hydroxyl groups is 2. The first-order valence-corrected chi connectivity index (χ1v) is 11.8. The van der Waals surface area contributed by atoms with Crippen LogP contribution in [-0.2, 0) is 13.8 Å². The fourth-order valence-corrected chi connectivity index (χ4v) is 5.02. The number of anilines is 1. The quantitative estimate of drug-likeness (QED) is 0.508. The minimum absolute atomic E-state index is 0.0541. The summed E-state index contributed by atoms with van der Waals surface area (Å²) in [7, 11) is -1.85. The Balaban J connectivity index is 1.83. The molecule has 2 aromatic heterocycles. The summed E-state index contributed by atoms with van der Waals surface area (Å²) in [6.07, 6.45) is 1.59. The molecule has 1 aliphatic rings. The van der Waals surface area contributed by atoms with Crippen LogP contribution in [0.5, 0.6) is 0 Å². The van der Waals surface area contributed by atoms with Gasteiger partial charge in [-0.05, 0) is 36.8 Å². The standard InChI is InChI=1S/C20H32N4O5P/c1-5-12(4)30(27)29-20(6-2,7-3)10-14-15(25)16(26)19(28-14)24-9-8-13-17(21)22-11-23-18(13)24/h8-9,11-12,14-16,19,25-26H,5-7,10H2,1-4H3,(H2,21,22,23)/q+1/t12?,14-,15-,16-,19?/m1/s1. The number of nitrogen functional groups attached to an aromatic ring is 1. The molecule has 6 atom stereocenters. The van der Waals surface area contributed by atoms with E-state index in [2.05, 4.69) is 9.97 Å². The summed E-state index contributed by atoms with van der Waals surface area (Å²) < 4.78 is 26.4. The van der Waals surface area contributed by atoms with Gasteiger partial charge in [0.2, 0.25) is 0 Å². The van der Waals surface area contributed by atoms with Crippen LogP contribution in [0.25, 0.3) is 11.0 Å². The number of hydrogen-bond acceptors (Lipinski definition) is 8. The number of ether oxygens (including phenoxy) is 1. The van der Waals surface area contributed by atoms with Crippen molar-refractivity contribution in [2.24, 2.45) is 0 Å². The van der Waals surface area contributed by atoms with Crippen LogP contribution in [0.15, 0.2) is 18.6 Å². The van der Waals surface area contributed by atoms with Crippen molar-refractivity contribution >= 4 is 24.9 Å². The Hall–Kier alpha value is -1.64. The molecule has 2 aromatic rings. The second kappa shape index (κ2) is 9.24. The fourth-order valence-electron chi connectivity index (χ4n) is 3.83. The van der Waals surface area contributed by atoms with Crippen molar-refractivity contribution in [2.75, 3.05) is 5.73 Å². The van der Waals surface area contributed by atoms with Gasteiger partial charge in [0.05, 0.1) is 11.5 Å². The Kier molecular flexibility index (Phi) is 7.09. The van der Waals surface area contributed by atoms with E-state index >= 15 is 0 Å². The zero-order valence-corrected chi connectivity index (χ0v) is 18.8. The van der Waals surface area contributed by atoms with E-state index in [4.69, 9.17) is 15.0 Å². The van der Waals surface area contributed by atoms with Crippen LogP contribution < -0.4 is 5.73 Å². The third kappa shape index (κ3) is 4.22.